The lowest BCUT2D eigenvalue weighted by Gasteiger charge is -2.45. The van der Waals surface area contributed by atoms with Crippen molar-refractivity contribution in [1.29, 1.82) is 0 Å². The molecule has 1 N–H and O–H groups in total. The number of fused-ring (bicyclic) bond motifs is 2. The first-order valence-electron chi connectivity index (χ1n) is 13.9. The van der Waals surface area contributed by atoms with E-state index in [1.165, 1.54) is 18.3 Å². The number of hydrogen-bond donors (Lipinski definition) is 1. The smallest absolute Gasteiger partial charge is 0.246 e. The number of aryl methyl sites for hydroxylation is 1. The summed E-state index contributed by atoms with van der Waals surface area (Å²) in [5.41, 5.74) is 1.44. The predicted molar refractivity (Wildman–Crippen MR) is 162 cm³/mol. The summed E-state index contributed by atoms with van der Waals surface area (Å²) < 4.78 is 31.5. The minimum Gasteiger partial charge on any atom is -0.349 e. The summed E-state index contributed by atoms with van der Waals surface area (Å²) in [5, 5.41) is 7.73. The molecule has 9 nitrogen and oxygen atoms in total. The molecule has 2 aliphatic rings. The van der Waals surface area contributed by atoms with Crippen LogP contribution in [0.2, 0.25) is 5.02 Å². The molecule has 2 fully saturated rings. The van der Waals surface area contributed by atoms with Gasteiger partial charge >= 0.3 is 0 Å². The summed E-state index contributed by atoms with van der Waals surface area (Å²) in [6, 6.07) is 3.13. The van der Waals surface area contributed by atoms with Gasteiger partial charge in [0.1, 0.15) is 22.7 Å². The van der Waals surface area contributed by atoms with Crippen LogP contribution in [0, 0.1) is 18.6 Å². The third-order valence-corrected chi connectivity index (χ3v) is 8.88. The molecular weight excluding hydrogens is 562 g/mol. The molecule has 0 saturated carbocycles. The highest BCUT2D eigenvalue weighted by atomic mass is 35.5. The fourth-order valence-corrected chi connectivity index (χ4v) is 6.37. The zero-order chi connectivity index (χ0) is 30.0. The number of rotatable bonds is 5. The lowest BCUT2D eigenvalue weighted by Crippen LogP contribution is -2.59. The lowest BCUT2D eigenvalue weighted by atomic mass is 9.95. The zero-order valence-electron chi connectivity index (χ0n) is 24.2. The van der Waals surface area contributed by atoms with Crippen molar-refractivity contribution in [1.82, 2.24) is 30.0 Å². The second-order valence-corrected chi connectivity index (χ2v) is 12.0. The van der Waals surface area contributed by atoms with Gasteiger partial charge in [-0.05, 0) is 58.6 Å². The third-order valence-electron chi connectivity index (χ3n) is 8.58. The third kappa shape index (κ3) is 4.46. The van der Waals surface area contributed by atoms with E-state index in [4.69, 9.17) is 21.6 Å². The molecule has 42 heavy (non-hydrogen) atoms. The van der Waals surface area contributed by atoms with Gasteiger partial charge in [0.2, 0.25) is 11.9 Å². The number of nitrogens with zero attached hydrogens (tertiary/aromatic N) is 7. The Morgan fingerprint density at radius 3 is 2.52 bits per heavy atom. The molecule has 4 heterocycles. The monoisotopic (exact) mass is 594 g/mol. The van der Waals surface area contributed by atoms with Crippen LogP contribution in [0.1, 0.15) is 19.4 Å². The van der Waals surface area contributed by atoms with Crippen molar-refractivity contribution in [3.63, 3.8) is 0 Å². The van der Waals surface area contributed by atoms with E-state index in [1.807, 2.05) is 32.8 Å². The highest BCUT2D eigenvalue weighted by molar-refractivity contribution is 6.35. The van der Waals surface area contributed by atoms with Gasteiger partial charge in [0.25, 0.3) is 0 Å². The number of amides is 1. The van der Waals surface area contributed by atoms with Gasteiger partial charge in [0.15, 0.2) is 5.82 Å². The summed E-state index contributed by atoms with van der Waals surface area (Å²) in [4.78, 5) is 30.3. The Hall–Kier alpha value is -3.83. The molecule has 0 spiro atoms. The average Bonchev–Trinajstić information content (AvgIpc) is 3.40. The van der Waals surface area contributed by atoms with Crippen LogP contribution in [0.15, 0.2) is 31.0 Å². The first kappa shape index (κ1) is 28.3. The summed E-state index contributed by atoms with van der Waals surface area (Å²) in [5.74, 6) is -0.221. The molecule has 6 rings (SSSR count). The van der Waals surface area contributed by atoms with E-state index in [0.717, 1.165) is 0 Å². The Kier molecular flexibility index (Phi) is 7.05. The second-order valence-electron chi connectivity index (χ2n) is 11.6. The average molecular weight is 595 g/mol. The zero-order valence-corrected chi connectivity index (χ0v) is 25.0. The maximum atomic E-state index is 16.8. The van der Waals surface area contributed by atoms with E-state index in [-0.39, 0.29) is 39.6 Å². The van der Waals surface area contributed by atoms with Crippen molar-refractivity contribution in [2.45, 2.75) is 38.9 Å². The minimum absolute atomic E-state index is 0.117. The topological polar surface area (TPSA) is 84.5 Å². The molecule has 220 valence electrons. The predicted octanol–water partition coefficient (Wildman–Crippen LogP) is 4.77. The molecule has 0 aliphatic carbocycles. The van der Waals surface area contributed by atoms with Crippen molar-refractivity contribution in [3.8, 4) is 11.1 Å². The SMILES string of the molecule is C=CC(=O)N1C[C@H](C)N(c2nc(N3CC(N(C)C)C3)nc3c(F)c(-c4c(C)cc(F)c5[nH]ncc45)c(Cl)cc23)C[C@H]1C. The Morgan fingerprint density at radius 1 is 1.10 bits per heavy atom. The molecule has 1 amide bonds. The molecular formula is C30H33ClF2N8O. The van der Waals surface area contributed by atoms with Gasteiger partial charge in [-0.3, -0.25) is 9.89 Å². The number of carbonyl (C=O) groups excluding carboxylic acids is 1. The molecule has 4 aromatic rings. The molecule has 0 radical (unpaired) electrons. The van der Waals surface area contributed by atoms with Gasteiger partial charge < -0.3 is 19.6 Å². The van der Waals surface area contributed by atoms with E-state index in [2.05, 4.69) is 26.6 Å². The highest BCUT2D eigenvalue weighted by Gasteiger charge is 2.36. The number of benzene rings is 2. The van der Waals surface area contributed by atoms with Gasteiger partial charge in [0.05, 0.1) is 11.2 Å². The van der Waals surface area contributed by atoms with Gasteiger partial charge in [-0.15, -0.1) is 0 Å². The van der Waals surface area contributed by atoms with Crippen molar-refractivity contribution >= 4 is 51.1 Å². The Morgan fingerprint density at radius 2 is 1.83 bits per heavy atom. The van der Waals surface area contributed by atoms with E-state index < -0.39 is 11.6 Å². The highest BCUT2D eigenvalue weighted by Crippen LogP contribution is 2.43. The molecule has 0 unspecified atom stereocenters. The van der Waals surface area contributed by atoms with Crippen molar-refractivity contribution in [2.75, 3.05) is 50.1 Å². The second kappa shape index (κ2) is 10.5. The van der Waals surface area contributed by atoms with Crippen LogP contribution in [-0.4, -0.2) is 94.3 Å². The van der Waals surface area contributed by atoms with Crippen LogP contribution >= 0.6 is 11.6 Å². The number of nitrogens with one attached hydrogen (secondary N) is 1. The number of halogens is 3. The lowest BCUT2D eigenvalue weighted by molar-refractivity contribution is -0.128. The number of H-pyrrole nitrogens is 1. The van der Waals surface area contributed by atoms with Gasteiger partial charge in [-0.25, -0.2) is 13.8 Å². The first-order valence-corrected chi connectivity index (χ1v) is 14.3. The van der Waals surface area contributed by atoms with Gasteiger partial charge in [0, 0.05) is 66.2 Å². The first-order chi connectivity index (χ1) is 20.0. The van der Waals surface area contributed by atoms with E-state index >= 15 is 4.39 Å². The van der Waals surface area contributed by atoms with Crippen LogP contribution in [0.25, 0.3) is 32.9 Å². The van der Waals surface area contributed by atoms with Crippen molar-refractivity contribution in [2.24, 2.45) is 0 Å². The van der Waals surface area contributed by atoms with Crippen LogP contribution in [0.5, 0.6) is 0 Å². The fraction of sp³-hybridized carbons (Fsp3) is 0.400. The van der Waals surface area contributed by atoms with Crippen molar-refractivity contribution in [3.05, 3.63) is 53.2 Å². The molecule has 2 saturated heterocycles. The molecule has 2 aromatic carbocycles. The number of aromatic nitrogens is 4. The number of anilines is 2. The summed E-state index contributed by atoms with van der Waals surface area (Å²) in [6.07, 6.45) is 2.80. The van der Waals surface area contributed by atoms with Crippen LogP contribution < -0.4 is 9.80 Å². The number of piperazine rings is 1. The Bertz CT molecular complexity index is 1730. The van der Waals surface area contributed by atoms with E-state index in [1.54, 1.807) is 17.9 Å². The van der Waals surface area contributed by atoms with Crippen LogP contribution in [0.4, 0.5) is 20.5 Å². The maximum absolute atomic E-state index is 16.8. The normalized spacial score (nSPS) is 19.7. The van der Waals surface area contributed by atoms with Crippen molar-refractivity contribution < 1.29 is 13.6 Å². The fourth-order valence-electron chi connectivity index (χ4n) is 6.09. The van der Waals surface area contributed by atoms with Gasteiger partial charge in [-0.2, -0.15) is 10.1 Å². The molecule has 12 heteroatoms. The Balaban J connectivity index is 1.55. The van der Waals surface area contributed by atoms with Crippen LogP contribution in [0.3, 0.4) is 0 Å². The molecule has 2 aromatic heterocycles. The number of aromatic amines is 1. The minimum atomic E-state index is -0.606. The quantitative estimate of drug-likeness (QED) is 0.333. The number of hydrogen-bond acceptors (Lipinski definition) is 7. The van der Waals surface area contributed by atoms with Gasteiger partial charge in [-0.1, -0.05) is 18.2 Å². The largest absolute Gasteiger partial charge is 0.349 e. The van der Waals surface area contributed by atoms with Crippen LogP contribution in [-0.2, 0) is 4.79 Å². The Labute approximate surface area is 247 Å². The maximum Gasteiger partial charge on any atom is 0.246 e. The van der Waals surface area contributed by atoms with E-state index in [9.17, 15) is 9.18 Å². The van der Waals surface area contributed by atoms with E-state index in [0.29, 0.717) is 65.9 Å². The molecule has 2 aliphatic heterocycles. The number of likely N-dealkylation sites (N-methyl/N-ethyl adjacent to an activating group) is 1. The molecule has 2 atom stereocenters. The summed E-state index contributed by atoms with van der Waals surface area (Å²) >= 11 is 6.86. The summed E-state index contributed by atoms with van der Waals surface area (Å²) in [6.45, 7) is 11.7. The standard InChI is InChI=1S/C30H33ClF2N8O/c1-7-23(42)40-11-17(4)41(12-16(40)3)29-19-9-21(31)25(24-15(2)8-22(32)27-20(24)10-34-37-27)26(33)28(19)35-30(36-29)39-13-18(14-39)38(5)6/h7-10,16-18H,1,11-14H2,2-6H3,(H,34,37)/t16-,17+/m1/s1. The molecule has 0 bridgehead atoms. The summed E-state index contributed by atoms with van der Waals surface area (Å²) in [7, 11) is 4.05. The number of carbonyl (C=O) groups is 1.